The molecule has 0 unspecified atom stereocenters. The molecule has 1 rings (SSSR count). The molecule has 75 valence electrons. The normalized spacial score (nSPS) is 12.4. The quantitative estimate of drug-likeness (QED) is 0.535. The Hall–Kier alpha value is -0.287. The van der Waals surface area contributed by atoms with Crippen molar-refractivity contribution in [1.82, 2.24) is 0 Å². The van der Waals surface area contributed by atoms with Crippen molar-refractivity contribution in [3.63, 3.8) is 0 Å². The van der Waals surface area contributed by atoms with Crippen LogP contribution in [0.15, 0.2) is 36.0 Å². The zero-order valence-electron chi connectivity index (χ0n) is 8.78. The SMILES string of the molecule is C=C[CH-]C1=C(CC)C=CC1.[CH3-].[CH3-].[Ru+3]. The molecule has 13 heavy (non-hydrogen) atoms. The molecule has 1 radical (unpaired) electrons. The van der Waals surface area contributed by atoms with E-state index in [1.54, 1.807) is 0 Å². The minimum atomic E-state index is 0. The van der Waals surface area contributed by atoms with Crippen molar-refractivity contribution in [3.05, 3.63) is 57.2 Å². The molecule has 0 spiro atoms. The van der Waals surface area contributed by atoms with Crippen LogP contribution in [0.25, 0.3) is 0 Å². The van der Waals surface area contributed by atoms with Gasteiger partial charge in [-0.3, -0.25) is 0 Å². The first-order valence-electron chi connectivity index (χ1n) is 3.72. The first kappa shape index (κ1) is 18.5. The van der Waals surface area contributed by atoms with E-state index >= 15 is 0 Å². The Bertz CT molecular complexity index is 187. The van der Waals surface area contributed by atoms with Crippen molar-refractivity contribution in [2.45, 2.75) is 19.8 Å². The molecular formula is C12H19Ru. The molecule has 0 atom stereocenters. The van der Waals surface area contributed by atoms with Gasteiger partial charge in [-0.05, 0) is 6.42 Å². The van der Waals surface area contributed by atoms with E-state index in [1.807, 2.05) is 6.08 Å². The van der Waals surface area contributed by atoms with Crippen LogP contribution in [0.3, 0.4) is 0 Å². The largest absolute Gasteiger partial charge is 3.00 e. The molecule has 0 nitrogen and oxygen atoms in total. The van der Waals surface area contributed by atoms with Gasteiger partial charge in [0.2, 0.25) is 0 Å². The first-order valence-corrected chi connectivity index (χ1v) is 3.72. The standard InChI is InChI=1S/C10H13.2CH3.Ru/c1-3-6-10-8-5-7-9(10)4-2;;;/h3,5-7H,1,4,8H2,2H3;2*1H3;/q3*-1;+3. The molecular weight excluding hydrogens is 245 g/mol. The zero-order chi connectivity index (χ0) is 7.40. The molecule has 0 aromatic heterocycles. The van der Waals surface area contributed by atoms with Crippen molar-refractivity contribution >= 4 is 0 Å². The van der Waals surface area contributed by atoms with Crippen LogP contribution < -0.4 is 0 Å². The number of hydrogen-bond acceptors (Lipinski definition) is 0. The van der Waals surface area contributed by atoms with Gasteiger partial charge in [-0.25, -0.2) is 0 Å². The van der Waals surface area contributed by atoms with Crippen LogP contribution >= 0.6 is 0 Å². The fourth-order valence-electron chi connectivity index (χ4n) is 1.23. The van der Waals surface area contributed by atoms with Gasteiger partial charge in [0.15, 0.2) is 0 Å². The molecule has 0 aliphatic heterocycles. The Morgan fingerprint density at radius 1 is 1.54 bits per heavy atom. The fraction of sp³-hybridized carbons (Fsp3) is 0.250. The van der Waals surface area contributed by atoms with Crippen LogP contribution in [-0.4, -0.2) is 0 Å². The van der Waals surface area contributed by atoms with Crippen LogP contribution in [0.1, 0.15) is 19.8 Å². The molecule has 1 aliphatic carbocycles. The second-order valence-corrected chi connectivity index (χ2v) is 2.41. The second kappa shape index (κ2) is 9.80. The maximum absolute atomic E-state index is 3.68. The van der Waals surface area contributed by atoms with E-state index in [9.17, 15) is 0 Å². The maximum Gasteiger partial charge on any atom is 3.00 e. The Morgan fingerprint density at radius 3 is 2.62 bits per heavy atom. The van der Waals surface area contributed by atoms with E-state index in [4.69, 9.17) is 0 Å². The predicted molar refractivity (Wildman–Crippen MR) is 58.4 cm³/mol. The van der Waals surface area contributed by atoms with Crippen molar-refractivity contribution < 1.29 is 19.5 Å². The number of rotatable bonds is 3. The molecule has 0 N–H and O–H groups in total. The monoisotopic (exact) mass is 265 g/mol. The second-order valence-electron chi connectivity index (χ2n) is 2.41. The molecule has 0 aromatic rings. The minimum absolute atomic E-state index is 0. The van der Waals surface area contributed by atoms with Crippen LogP contribution in [0.2, 0.25) is 0 Å². The summed E-state index contributed by atoms with van der Waals surface area (Å²) in [6.45, 7) is 5.86. The van der Waals surface area contributed by atoms with Gasteiger partial charge in [0.05, 0.1) is 0 Å². The third-order valence-electron chi connectivity index (χ3n) is 1.77. The van der Waals surface area contributed by atoms with E-state index in [2.05, 4.69) is 32.1 Å². The Kier molecular flexibility index (Phi) is 13.9. The van der Waals surface area contributed by atoms with Crippen molar-refractivity contribution in [2.75, 3.05) is 0 Å². The molecule has 0 saturated carbocycles. The zero-order valence-corrected chi connectivity index (χ0v) is 10.5. The predicted octanol–water partition coefficient (Wildman–Crippen LogP) is 3.94. The summed E-state index contributed by atoms with van der Waals surface area (Å²) in [5, 5.41) is 0. The van der Waals surface area contributed by atoms with E-state index < -0.39 is 0 Å². The van der Waals surface area contributed by atoms with Gasteiger partial charge >= 0.3 is 19.5 Å². The molecule has 0 bridgehead atoms. The van der Waals surface area contributed by atoms with Gasteiger partial charge in [-0.1, -0.05) is 19.4 Å². The first-order chi connectivity index (χ1) is 4.88. The summed E-state index contributed by atoms with van der Waals surface area (Å²) in [5.74, 6) is 0. The summed E-state index contributed by atoms with van der Waals surface area (Å²) in [5.41, 5.74) is 2.89. The molecule has 0 fully saturated rings. The van der Waals surface area contributed by atoms with Crippen molar-refractivity contribution in [3.8, 4) is 0 Å². The van der Waals surface area contributed by atoms with Gasteiger partial charge in [0.25, 0.3) is 0 Å². The van der Waals surface area contributed by atoms with E-state index in [0.29, 0.717) is 0 Å². The van der Waals surface area contributed by atoms with E-state index in [-0.39, 0.29) is 34.3 Å². The average molecular weight is 264 g/mol. The summed E-state index contributed by atoms with van der Waals surface area (Å²) in [6, 6.07) is 0. The maximum atomic E-state index is 3.68. The number of allylic oxidation sites excluding steroid dienone is 5. The third-order valence-corrected chi connectivity index (χ3v) is 1.77. The smallest absolute Gasteiger partial charge is 0.358 e. The van der Waals surface area contributed by atoms with Gasteiger partial charge < -0.3 is 14.9 Å². The molecule has 1 aliphatic rings. The Morgan fingerprint density at radius 2 is 2.15 bits per heavy atom. The summed E-state index contributed by atoms with van der Waals surface area (Å²) in [7, 11) is 0. The molecule has 0 saturated heterocycles. The molecule has 0 heterocycles. The van der Waals surface area contributed by atoms with Crippen LogP contribution in [-0.2, 0) is 19.5 Å². The summed E-state index contributed by atoms with van der Waals surface area (Å²) >= 11 is 0. The fourth-order valence-corrected chi connectivity index (χ4v) is 1.23. The van der Waals surface area contributed by atoms with Gasteiger partial charge in [0, 0.05) is 0 Å². The topological polar surface area (TPSA) is 0 Å². The summed E-state index contributed by atoms with van der Waals surface area (Å²) in [4.78, 5) is 0. The molecule has 0 aromatic carbocycles. The Balaban J connectivity index is -0.000000333. The average Bonchev–Trinajstić information content (AvgIpc) is 2.36. The summed E-state index contributed by atoms with van der Waals surface area (Å²) in [6.07, 6.45) is 10.6. The van der Waals surface area contributed by atoms with E-state index in [1.165, 1.54) is 11.1 Å². The molecule has 1 heteroatoms. The number of hydrogen-bond donors (Lipinski definition) is 0. The van der Waals surface area contributed by atoms with Crippen LogP contribution in [0.5, 0.6) is 0 Å². The van der Waals surface area contributed by atoms with Crippen molar-refractivity contribution in [1.29, 1.82) is 0 Å². The van der Waals surface area contributed by atoms with E-state index in [0.717, 1.165) is 12.8 Å². The van der Waals surface area contributed by atoms with Crippen LogP contribution in [0, 0.1) is 21.3 Å². The molecule has 0 amide bonds. The van der Waals surface area contributed by atoms with Gasteiger partial charge in [-0.15, -0.1) is 17.2 Å². The van der Waals surface area contributed by atoms with Gasteiger partial charge in [0.1, 0.15) is 0 Å². The van der Waals surface area contributed by atoms with Crippen LogP contribution in [0.4, 0.5) is 0 Å². The third kappa shape index (κ3) is 5.11. The van der Waals surface area contributed by atoms with Crippen molar-refractivity contribution in [2.24, 2.45) is 0 Å². The Labute approximate surface area is 96.6 Å². The van der Waals surface area contributed by atoms with Gasteiger partial charge in [-0.2, -0.15) is 19.1 Å². The summed E-state index contributed by atoms with van der Waals surface area (Å²) < 4.78 is 0. The minimum Gasteiger partial charge on any atom is -0.358 e.